The van der Waals surface area contributed by atoms with E-state index in [0.717, 1.165) is 16.9 Å². The first-order valence-electron chi connectivity index (χ1n) is 6.37. The van der Waals surface area contributed by atoms with Crippen molar-refractivity contribution in [2.24, 2.45) is 5.73 Å². The second kappa shape index (κ2) is 7.90. The lowest BCUT2D eigenvalue weighted by Gasteiger charge is -2.15. The Balaban J connectivity index is 0.00000200. The van der Waals surface area contributed by atoms with Gasteiger partial charge < -0.3 is 15.6 Å². The summed E-state index contributed by atoms with van der Waals surface area (Å²) in [6.45, 7) is 2.23. The Morgan fingerprint density at radius 2 is 1.65 bits per heavy atom. The van der Waals surface area contributed by atoms with Gasteiger partial charge in [0.2, 0.25) is 0 Å². The average molecular weight is 294 g/mol. The van der Waals surface area contributed by atoms with Gasteiger partial charge in [-0.3, -0.25) is 0 Å². The number of hydrogen-bond donors (Lipinski definition) is 2. The van der Waals surface area contributed by atoms with Crippen molar-refractivity contribution in [1.82, 2.24) is 0 Å². The van der Waals surface area contributed by atoms with Crippen LogP contribution in [0.4, 0.5) is 0 Å². The zero-order valence-electron chi connectivity index (χ0n) is 11.4. The Bertz CT molecular complexity index is 500. The summed E-state index contributed by atoms with van der Waals surface area (Å²) >= 11 is 0. The van der Waals surface area contributed by atoms with Crippen LogP contribution in [0.15, 0.2) is 54.6 Å². The summed E-state index contributed by atoms with van der Waals surface area (Å²) in [5.41, 5.74) is 7.90. The highest BCUT2D eigenvalue weighted by atomic mass is 35.5. The van der Waals surface area contributed by atoms with Gasteiger partial charge in [0.25, 0.3) is 0 Å². The molecule has 0 unspecified atom stereocenters. The Morgan fingerprint density at radius 1 is 1.05 bits per heavy atom. The Labute approximate surface area is 125 Å². The molecule has 2 aromatic carbocycles. The monoisotopic (exact) mass is 293 g/mol. The molecular formula is C16H20ClNO2. The van der Waals surface area contributed by atoms with E-state index in [1.165, 1.54) is 0 Å². The highest BCUT2D eigenvalue weighted by Gasteiger charge is 2.11. The highest BCUT2D eigenvalue weighted by Crippen LogP contribution is 2.19. The fraction of sp³-hybridized carbons (Fsp3) is 0.250. The number of nitrogens with two attached hydrogens (primary N) is 1. The molecule has 0 aliphatic carbocycles. The van der Waals surface area contributed by atoms with Gasteiger partial charge in [-0.1, -0.05) is 42.5 Å². The minimum Gasteiger partial charge on any atom is -0.489 e. The van der Waals surface area contributed by atoms with E-state index in [0.29, 0.717) is 6.61 Å². The predicted molar refractivity (Wildman–Crippen MR) is 83.1 cm³/mol. The van der Waals surface area contributed by atoms with Crippen LogP contribution in [0.5, 0.6) is 5.75 Å². The van der Waals surface area contributed by atoms with E-state index in [9.17, 15) is 5.11 Å². The van der Waals surface area contributed by atoms with Crippen LogP contribution in [0.1, 0.15) is 24.1 Å². The Morgan fingerprint density at radius 3 is 2.20 bits per heavy atom. The fourth-order valence-electron chi connectivity index (χ4n) is 1.81. The van der Waals surface area contributed by atoms with Crippen LogP contribution in [0.25, 0.3) is 0 Å². The van der Waals surface area contributed by atoms with Gasteiger partial charge in [0.1, 0.15) is 12.4 Å². The van der Waals surface area contributed by atoms with Crippen molar-refractivity contribution in [3.05, 3.63) is 65.7 Å². The third kappa shape index (κ3) is 4.53. The molecule has 108 valence electrons. The van der Waals surface area contributed by atoms with E-state index >= 15 is 0 Å². The van der Waals surface area contributed by atoms with E-state index in [4.69, 9.17) is 10.5 Å². The summed E-state index contributed by atoms with van der Waals surface area (Å²) in [4.78, 5) is 0. The second-order valence-corrected chi connectivity index (χ2v) is 4.61. The van der Waals surface area contributed by atoms with Crippen LogP contribution < -0.4 is 10.5 Å². The number of rotatable bonds is 5. The maximum atomic E-state index is 9.44. The molecule has 0 heterocycles. The number of aliphatic hydroxyl groups is 1. The molecule has 0 fully saturated rings. The third-order valence-electron chi connectivity index (χ3n) is 3.03. The van der Waals surface area contributed by atoms with Crippen molar-refractivity contribution < 1.29 is 9.84 Å². The molecule has 3 nitrogen and oxygen atoms in total. The Kier molecular flexibility index (Phi) is 6.52. The summed E-state index contributed by atoms with van der Waals surface area (Å²) in [6, 6.07) is 17.2. The fourth-order valence-corrected chi connectivity index (χ4v) is 1.81. The predicted octanol–water partition coefficient (Wildman–Crippen LogP) is 3.07. The topological polar surface area (TPSA) is 55.5 Å². The maximum Gasteiger partial charge on any atom is 0.119 e. The molecule has 0 bridgehead atoms. The number of benzene rings is 2. The van der Waals surface area contributed by atoms with Gasteiger partial charge in [0.05, 0.1) is 12.1 Å². The quantitative estimate of drug-likeness (QED) is 0.891. The van der Waals surface area contributed by atoms with Crippen molar-refractivity contribution in [2.75, 3.05) is 0 Å². The molecule has 3 N–H and O–H groups in total. The van der Waals surface area contributed by atoms with Crippen LogP contribution in [-0.2, 0) is 6.61 Å². The summed E-state index contributed by atoms with van der Waals surface area (Å²) in [5, 5.41) is 9.44. The first kappa shape index (κ1) is 16.5. The number of halogens is 1. The number of hydrogen-bond acceptors (Lipinski definition) is 3. The minimum atomic E-state index is -0.559. The van der Waals surface area contributed by atoms with Gasteiger partial charge >= 0.3 is 0 Å². The first-order valence-corrected chi connectivity index (χ1v) is 6.37. The molecule has 0 saturated heterocycles. The van der Waals surface area contributed by atoms with Gasteiger partial charge in [0.15, 0.2) is 0 Å². The Hall–Kier alpha value is -1.55. The maximum absolute atomic E-state index is 9.44. The highest BCUT2D eigenvalue weighted by molar-refractivity contribution is 5.85. The normalized spacial score (nSPS) is 13.2. The molecule has 0 aromatic heterocycles. The molecule has 2 rings (SSSR count). The number of aliphatic hydroxyl groups excluding tert-OH is 1. The molecule has 0 aliphatic heterocycles. The smallest absolute Gasteiger partial charge is 0.119 e. The van der Waals surface area contributed by atoms with Crippen LogP contribution >= 0.6 is 12.4 Å². The molecule has 0 radical (unpaired) electrons. The van der Waals surface area contributed by atoms with Crippen molar-refractivity contribution in [3.8, 4) is 5.75 Å². The molecule has 4 heteroatoms. The van der Waals surface area contributed by atoms with Gasteiger partial charge in [-0.15, -0.1) is 12.4 Å². The van der Waals surface area contributed by atoms with E-state index in [2.05, 4.69) is 0 Å². The van der Waals surface area contributed by atoms with E-state index < -0.39 is 6.10 Å². The lowest BCUT2D eigenvalue weighted by molar-refractivity contribution is 0.164. The summed E-state index contributed by atoms with van der Waals surface area (Å²) < 4.78 is 5.68. The largest absolute Gasteiger partial charge is 0.489 e. The summed E-state index contributed by atoms with van der Waals surface area (Å²) in [7, 11) is 0. The van der Waals surface area contributed by atoms with E-state index in [1.54, 1.807) is 6.92 Å². The van der Waals surface area contributed by atoms with E-state index in [1.807, 2.05) is 54.6 Å². The molecule has 2 atom stereocenters. The van der Waals surface area contributed by atoms with Crippen LogP contribution in [-0.4, -0.2) is 11.2 Å². The van der Waals surface area contributed by atoms with Crippen molar-refractivity contribution in [2.45, 2.75) is 25.7 Å². The van der Waals surface area contributed by atoms with Gasteiger partial charge in [0, 0.05) is 0 Å². The van der Waals surface area contributed by atoms with Crippen molar-refractivity contribution >= 4 is 12.4 Å². The summed E-state index contributed by atoms with van der Waals surface area (Å²) in [6.07, 6.45) is -0.559. The zero-order chi connectivity index (χ0) is 13.7. The van der Waals surface area contributed by atoms with Gasteiger partial charge in [-0.2, -0.15) is 0 Å². The summed E-state index contributed by atoms with van der Waals surface area (Å²) in [5.74, 6) is 0.797. The molecule has 0 aliphatic rings. The molecule has 0 spiro atoms. The minimum absolute atomic E-state index is 0. The molecule has 0 amide bonds. The van der Waals surface area contributed by atoms with Crippen LogP contribution in [0, 0.1) is 0 Å². The van der Waals surface area contributed by atoms with E-state index in [-0.39, 0.29) is 18.4 Å². The zero-order valence-corrected chi connectivity index (χ0v) is 12.2. The molecule has 2 aromatic rings. The average Bonchev–Trinajstić information content (AvgIpc) is 2.46. The number of ether oxygens (including phenoxy) is 1. The van der Waals surface area contributed by atoms with Crippen LogP contribution in [0.2, 0.25) is 0 Å². The van der Waals surface area contributed by atoms with Crippen molar-refractivity contribution in [1.29, 1.82) is 0 Å². The molecular weight excluding hydrogens is 274 g/mol. The third-order valence-corrected chi connectivity index (χ3v) is 3.03. The molecule has 0 saturated carbocycles. The second-order valence-electron chi connectivity index (χ2n) is 4.61. The lowest BCUT2D eigenvalue weighted by atomic mass is 10.0. The standard InChI is InChI=1S/C16H19NO2.ClH/c1-12(18)16(17)14-7-9-15(10-8-14)19-11-13-5-3-2-4-6-13;/h2-10,12,16,18H,11,17H2,1H3;1H/t12-,16-;/m0./s1. The van der Waals surface area contributed by atoms with Gasteiger partial charge in [-0.05, 0) is 30.2 Å². The van der Waals surface area contributed by atoms with Gasteiger partial charge in [-0.25, -0.2) is 0 Å². The SMILES string of the molecule is C[C@H](O)[C@H](N)c1ccc(OCc2ccccc2)cc1.Cl. The molecule has 20 heavy (non-hydrogen) atoms. The first-order chi connectivity index (χ1) is 9.16. The van der Waals surface area contributed by atoms with Crippen molar-refractivity contribution in [3.63, 3.8) is 0 Å². The van der Waals surface area contributed by atoms with Crippen LogP contribution in [0.3, 0.4) is 0 Å². The lowest BCUT2D eigenvalue weighted by Crippen LogP contribution is -2.22.